The van der Waals surface area contributed by atoms with Crippen molar-refractivity contribution in [3.8, 4) is 0 Å². The number of carboxylic acids is 1. The molecule has 1 rings (SSSR count). The number of carboxylic acid groups (broad SMARTS) is 1. The van der Waals surface area contributed by atoms with Gasteiger partial charge in [-0.3, -0.25) is 4.79 Å². The normalized spacial score (nSPS) is 12.5. The monoisotopic (exact) mass is 267 g/mol. The summed E-state index contributed by atoms with van der Waals surface area (Å²) >= 11 is 0. The van der Waals surface area contributed by atoms with Crippen LogP contribution in [-0.2, 0) is 11.2 Å². The van der Waals surface area contributed by atoms with Crippen LogP contribution in [0.25, 0.3) is 0 Å². The van der Waals surface area contributed by atoms with Gasteiger partial charge in [0.05, 0.1) is 0 Å². The van der Waals surface area contributed by atoms with Gasteiger partial charge in [0.15, 0.2) is 5.76 Å². The van der Waals surface area contributed by atoms with E-state index in [1.54, 1.807) is 6.07 Å². The molecule has 0 bridgehead atoms. The lowest BCUT2D eigenvalue weighted by Crippen LogP contribution is -2.41. The SMILES string of the molecule is CCc1oc(C(=O)NC(CC(C)C)C(=O)O)cc1C. The maximum absolute atomic E-state index is 12.0. The zero-order chi connectivity index (χ0) is 14.6. The van der Waals surface area contributed by atoms with Crippen LogP contribution in [0.1, 0.15) is 49.1 Å². The van der Waals surface area contributed by atoms with Crippen molar-refractivity contribution in [1.82, 2.24) is 5.32 Å². The maximum atomic E-state index is 12.0. The van der Waals surface area contributed by atoms with E-state index in [-0.39, 0.29) is 11.7 Å². The highest BCUT2D eigenvalue weighted by molar-refractivity contribution is 5.94. The molecule has 0 radical (unpaired) electrons. The number of hydrogen-bond acceptors (Lipinski definition) is 3. The third kappa shape index (κ3) is 4.12. The molecule has 1 amide bonds. The average molecular weight is 267 g/mol. The molecule has 0 aromatic carbocycles. The molecule has 0 aliphatic carbocycles. The molecule has 1 unspecified atom stereocenters. The lowest BCUT2D eigenvalue weighted by atomic mass is 10.0. The van der Waals surface area contributed by atoms with Gasteiger partial charge in [0.2, 0.25) is 0 Å². The Kier molecular flexibility index (Phi) is 5.15. The zero-order valence-electron chi connectivity index (χ0n) is 11.8. The molecular formula is C14H21NO4. The van der Waals surface area contributed by atoms with Crippen molar-refractivity contribution in [2.24, 2.45) is 5.92 Å². The quantitative estimate of drug-likeness (QED) is 0.829. The molecule has 1 aromatic rings. The van der Waals surface area contributed by atoms with Gasteiger partial charge in [-0.15, -0.1) is 0 Å². The number of nitrogens with one attached hydrogen (secondary N) is 1. The summed E-state index contributed by atoms with van der Waals surface area (Å²) < 4.78 is 5.41. The van der Waals surface area contributed by atoms with E-state index in [1.807, 2.05) is 27.7 Å². The highest BCUT2D eigenvalue weighted by Crippen LogP contribution is 2.15. The first-order valence-corrected chi connectivity index (χ1v) is 6.48. The van der Waals surface area contributed by atoms with Crippen LogP contribution >= 0.6 is 0 Å². The Morgan fingerprint density at radius 3 is 2.47 bits per heavy atom. The Hall–Kier alpha value is -1.78. The Labute approximate surface area is 113 Å². The van der Waals surface area contributed by atoms with Gasteiger partial charge in [0.25, 0.3) is 5.91 Å². The molecule has 106 valence electrons. The predicted molar refractivity (Wildman–Crippen MR) is 71.2 cm³/mol. The molecular weight excluding hydrogens is 246 g/mol. The fraction of sp³-hybridized carbons (Fsp3) is 0.571. The average Bonchev–Trinajstić information content (AvgIpc) is 2.69. The molecule has 1 heterocycles. The largest absolute Gasteiger partial charge is 0.480 e. The topological polar surface area (TPSA) is 79.5 Å². The molecule has 0 aliphatic heterocycles. The molecule has 0 aliphatic rings. The zero-order valence-corrected chi connectivity index (χ0v) is 11.8. The van der Waals surface area contributed by atoms with Crippen LogP contribution in [0.15, 0.2) is 10.5 Å². The van der Waals surface area contributed by atoms with Crippen molar-refractivity contribution < 1.29 is 19.1 Å². The van der Waals surface area contributed by atoms with E-state index in [9.17, 15) is 9.59 Å². The number of amides is 1. The standard InChI is InChI=1S/C14H21NO4/c1-5-11-9(4)7-12(19-11)13(16)15-10(14(17)18)6-8(2)3/h7-8,10H,5-6H2,1-4H3,(H,15,16)(H,17,18). The number of carbonyl (C=O) groups excluding carboxylic acids is 1. The maximum Gasteiger partial charge on any atom is 0.326 e. The fourth-order valence-corrected chi connectivity index (χ4v) is 1.90. The van der Waals surface area contributed by atoms with Crippen LogP contribution in [0.4, 0.5) is 0 Å². The van der Waals surface area contributed by atoms with Crippen LogP contribution < -0.4 is 5.32 Å². The smallest absolute Gasteiger partial charge is 0.326 e. The minimum Gasteiger partial charge on any atom is -0.480 e. The Morgan fingerprint density at radius 2 is 2.05 bits per heavy atom. The van der Waals surface area contributed by atoms with Crippen LogP contribution in [0.2, 0.25) is 0 Å². The molecule has 0 saturated carbocycles. The van der Waals surface area contributed by atoms with E-state index >= 15 is 0 Å². The van der Waals surface area contributed by atoms with Crippen LogP contribution in [-0.4, -0.2) is 23.0 Å². The van der Waals surface area contributed by atoms with Gasteiger partial charge in [-0.25, -0.2) is 4.79 Å². The van der Waals surface area contributed by atoms with Crippen molar-refractivity contribution in [3.63, 3.8) is 0 Å². The first kappa shape index (κ1) is 15.3. The lowest BCUT2D eigenvalue weighted by molar-refractivity contribution is -0.139. The number of furan rings is 1. The van der Waals surface area contributed by atoms with Crippen molar-refractivity contribution in [1.29, 1.82) is 0 Å². The van der Waals surface area contributed by atoms with Crippen LogP contribution in [0.3, 0.4) is 0 Å². The molecule has 0 fully saturated rings. The molecule has 5 heteroatoms. The van der Waals surface area contributed by atoms with Crippen molar-refractivity contribution in [3.05, 3.63) is 23.2 Å². The predicted octanol–water partition coefficient (Wildman–Crippen LogP) is 2.38. The number of aliphatic carboxylic acids is 1. The molecule has 1 atom stereocenters. The number of carbonyl (C=O) groups is 2. The van der Waals surface area contributed by atoms with Crippen LogP contribution in [0, 0.1) is 12.8 Å². The third-order valence-corrected chi connectivity index (χ3v) is 2.88. The summed E-state index contributed by atoms with van der Waals surface area (Å²) in [5.74, 6) is -0.395. The van der Waals surface area contributed by atoms with Gasteiger partial charge in [-0.2, -0.15) is 0 Å². The van der Waals surface area contributed by atoms with Crippen molar-refractivity contribution in [2.45, 2.75) is 46.6 Å². The molecule has 0 spiro atoms. The Balaban J connectivity index is 2.78. The second-order valence-corrected chi connectivity index (χ2v) is 5.06. The molecule has 1 aromatic heterocycles. The highest BCUT2D eigenvalue weighted by atomic mass is 16.4. The van der Waals surface area contributed by atoms with Gasteiger partial charge < -0.3 is 14.8 Å². The van der Waals surface area contributed by atoms with E-state index in [0.29, 0.717) is 12.8 Å². The van der Waals surface area contributed by atoms with Gasteiger partial charge in [-0.05, 0) is 30.9 Å². The minimum absolute atomic E-state index is 0.171. The summed E-state index contributed by atoms with van der Waals surface area (Å²) in [5, 5.41) is 11.6. The van der Waals surface area contributed by atoms with Gasteiger partial charge in [-0.1, -0.05) is 20.8 Å². The van der Waals surface area contributed by atoms with Crippen molar-refractivity contribution >= 4 is 11.9 Å². The van der Waals surface area contributed by atoms with Gasteiger partial charge >= 0.3 is 5.97 Å². The minimum atomic E-state index is -1.03. The van der Waals surface area contributed by atoms with E-state index in [2.05, 4.69) is 5.32 Å². The fourth-order valence-electron chi connectivity index (χ4n) is 1.90. The number of aryl methyl sites for hydroxylation is 2. The molecule has 5 nitrogen and oxygen atoms in total. The first-order valence-electron chi connectivity index (χ1n) is 6.48. The first-order chi connectivity index (χ1) is 8.85. The highest BCUT2D eigenvalue weighted by Gasteiger charge is 2.23. The van der Waals surface area contributed by atoms with Gasteiger partial charge in [0, 0.05) is 6.42 Å². The molecule has 0 saturated heterocycles. The van der Waals surface area contributed by atoms with E-state index < -0.39 is 17.9 Å². The summed E-state index contributed by atoms with van der Waals surface area (Å²) in [6.07, 6.45) is 1.09. The van der Waals surface area contributed by atoms with E-state index in [4.69, 9.17) is 9.52 Å². The summed E-state index contributed by atoms with van der Waals surface area (Å²) in [6, 6.07) is 0.755. The summed E-state index contributed by atoms with van der Waals surface area (Å²) in [5.41, 5.74) is 0.906. The molecule has 2 N–H and O–H groups in total. The summed E-state index contributed by atoms with van der Waals surface area (Å²) in [6.45, 7) is 7.62. The van der Waals surface area contributed by atoms with E-state index in [0.717, 1.165) is 11.3 Å². The van der Waals surface area contributed by atoms with Crippen molar-refractivity contribution in [2.75, 3.05) is 0 Å². The van der Waals surface area contributed by atoms with E-state index in [1.165, 1.54) is 0 Å². The van der Waals surface area contributed by atoms with Gasteiger partial charge in [0.1, 0.15) is 11.8 Å². The Bertz CT molecular complexity index is 462. The molecule has 19 heavy (non-hydrogen) atoms. The second kappa shape index (κ2) is 6.41. The number of hydrogen-bond donors (Lipinski definition) is 2. The second-order valence-electron chi connectivity index (χ2n) is 5.06. The summed E-state index contributed by atoms with van der Waals surface area (Å²) in [7, 11) is 0. The Morgan fingerprint density at radius 1 is 1.42 bits per heavy atom. The number of rotatable bonds is 6. The third-order valence-electron chi connectivity index (χ3n) is 2.88. The summed E-state index contributed by atoms with van der Waals surface area (Å²) in [4.78, 5) is 23.0. The van der Waals surface area contributed by atoms with Crippen LogP contribution in [0.5, 0.6) is 0 Å². The lowest BCUT2D eigenvalue weighted by Gasteiger charge is -2.15.